The van der Waals surface area contributed by atoms with Crippen molar-refractivity contribution in [1.82, 2.24) is 4.72 Å². The van der Waals surface area contributed by atoms with Crippen LogP contribution < -0.4 is 9.46 Å². The second-order valence-electron chi connectivity index (χ2n) is 5.49. The average molecular weight is 428 g/mol. The van der Waals surface area contributed by atoms with Crippen LogP contribution in [0.3, 0.4) is 0 Å². The Kier molecular flexibility index (Phi) is 7.00. The number of ether oxygens (including phenoxy) is 3. The Morgan fingerprint density at radius 1 is 1.00 bits per heavy atom. The van der Waals surface area contributed by atoms with E-state index < -0.39 is 22.0 Å². The Labute approximate surface area is 167 Å². The molecule has 0 atom stereocenters. The van der Waals surface area contributed by atoms with Crippen molar-refractivity contribution in [3.05, 3.63) is 58.1 Å². The van der Waals surface area contributed by atoms with Crippen LogP contribution in [0.2, 0.25) is 5.02 Å². The summed E-state index contributed by atoms with van der Waals surface area (Å²) in [6, 6.07) is 8.34. The van der Waals surface area contributed by atoms with E-state index in [4.69, 9.17) is 21.1 Å². The molecule has 0 aliphatic carbocycles. The maximum Gasteiger partial charge on any atom is 0.341 e. The van der Waals surface area contributed by atoms with Crippen LogP contribution >= 0.6 is 11.6 Å². The zero-order valence-corrected chi connectivity index (χ0v) is 16.9. The van der Waals surface area contributed by atoms with Crippen molar-refractivity contribution < 1.29 is 32.2 Å². The molecule has 0 saturated heterocycles. The molecule has 0 radical (unpaired) electrons. The van der Waals surface area contributed by atoms with Gasteiger partial charge >= 0.3 is 11.9 Å². The van der Waals surface area contributed by atoms with Crippen molar-refractivity contribution in [1.29, 1.82) is 0 Å². The fourth-order valence-electron chi connectivity index (χ4n) is 2.35. The third kappa shape index (κ3) is 4.80. The van der Waals surface area contributed by atoms with Crippen molar-refractivity contribution in [3.63, 3.8) is 0 Å². The third-order valence-electron chi connectivity index (χ3n) is 3.78. The summed E-state index contributed by atoms with van der Waals surface area (Å²) in [6.07, 6.45) is 0. The first-order valence-corrected chi connectivity index (χ1v) is 9.72. The summed E-state index contributed by atoms with van der Waals surface area (Å²) in [5, 5.41) is -0.125. The monoisotopic (exact) mass is 427 g/mol. The highest BCUT2D eigenvalue weighted by Crippen LogP contribution is 2.24. The van der Waals surface area contributed by atoms with Gasteiger partial charge in [0, 0.05) is 6.54 Å². The van der Waals surface area contributed by atoms with Gasteiger partial charge in [-0.15, -0.1) is 0 Å². The van der Waals surface area contributed by atoms with Crippen molar-refractivity contribution >= 4 is 33.6 Å². The molecule has 0 amide bonds. The summed E-state index contributed by atoms with van der Waals surface area (Å²) in [6.45, 7) is -0.106. The molecule has 1 N–H and O–H groups in total. The molecule has 0 spiro atoms. The third-order valence-corrected chi connectivity index (χ3v) is 5.66. The summed E-state index contributed by atoms with van der Waals surface area (Å²) in [5.41, 5.74) is 0.804. The van der Waals surface area contributed by atoms with E-state index in [0.29, 0.717) is 11.3 Å². The van der Waals surface area contributed by atoms with Crippen molar-refractivity contribution in [2.24, 2.45) is 0 Å². The number of carbonyl (C=O) groups is 2. The maximum atomic E-state index is 12.5. The van der Waals surface area contributed by atoms with Gasteiger partial charge in [0.05, 0.1) is 31.9 Å². The van der Waals surface area contributed by atoms with Gasteiger partial charge in [-0.2, -0.15) is 0 Å². The zero-order chi connectivity index (χ0) is 20.9. The van der Waals surface area contributed by atoms with E-state index in [-0.39, 0.29) is 27.6 Å². The molecular weight excluding hydrogens is 410 g/mol. The lowest BCUT2D eigenvalue weighted by atomic mass is 10.1. The molecule has 0 aliphatic rings. The average Bonchev–Trinajstić information content (AvgIpc) is 2.70. The summed E-state index contributed by atoms with van der Waals surface area (Å²) in [4.78, 5) is 23.1. The number of methoxy groups -OCH3 is 3. The SMILES string of the molecule is COC(=O)c1ccc(S(=O)(=O)NCc2ccc(OC)c(C(=O)OC)c2)c(Cl)c1. The summed E-state index contributed by atoms with van der Waals surface area (Å²) in [5.74, 6) is -0.935. The number of hydrogen-bond donors (Lipinski definition) is 1. The topological polar surface area (TPSA) is 108 Å². The first-order chi connectivity index (χ1) is 13.2. The van der Waals surface area contributed by atoms with Gasteiger partial charge in [0.1, 0.15) is 16.2 Å². The Morgan fingerprint density at radius 2 is 1.68 bits per heavy atom. The lowest BCUT2D eigenvalue weighted by Crippen LogP contribution is -2.24. The van der Waals surface area contributed by atoms with Crippen molar-refractivity contribution in [2.75, 3.05) is 21.3 Å². The van der Waals surface area contributed by atoms with E-state index in [1.165, 1.54) is 51.7 Å². The van der Waals surface area contributed by atoms with Crippen molar-refractivity contribution in [2.45, 2.75) is 11.4 Å². The highest BCUT2D eigenvalue weighted by atomic mass is 35.5. The minimum atomic E-state index is -3.97. The molecule has 2 rings (SSSR count). The Hall–Kier alpha value is -2.62. The lowest BCUT2D eigenvalue weighted by Gasteiger charge is -2.11. The van der Waals surface area contributed by atoms with Crippen LogP contribution in [0.1, 0.15) is 26.3 Å². The summed E-state index contributed by atoms with van der Waals surface area (Å²) in [7, 11) is -0.126. The van der Waals surface area contributed by atoms with Crippen LogP contribution in [0.5, 0.6) is 5.75 Å². The molecule has 8 nitrogen and oxygen atoms in total. The number of sulfonamides is 1. The van der Waals surface area contributed by atoms with Gasteiger partial charge in [0.2, 0.25) is 10.0 Å². The second kappa shape index (κ2) is 9.05. The number of carbonyl (C=O) groups excluding carboxylic acids is 2. The van der Waals surface area contributed by atoms with E-state index in [2.05, 4.69) is 9.46 Å². The van der Waals surface area contributed by atoms with Crippen LogP contribution in [0.4, 0.5) is 0 Å². The Bertz CT molecular complexity index is 1000. The van der Waals surface area contributed by atoms with Crippen molar-refractivity contribution in [3.8, 4) is 5.75 Å². The number of halogens is 1. The van der Waals surface area contributed by atoms with E-state index >= 15 is 0 Å². The molecule has 28 heavy (non-hydrogen) atoms. The summed E-state index contributed by atoms with van der Waals surface area (Å²) >= 11 is 6.02. The number of benzene rings is 2. The number of esters is 2. The first kappa shape index (κ1) is 21.7. The molecule has 2 aromatic carbocycles. The van der Waals surface area contributed by atoms with Crippen LogP contribution in [0, 0.1) is 0 Å². The highest BCUT2D eigenvalue weighted by Gasteiger charge is 2.20. The number of hydrogen-bond acceptors (Lipinski definition) is 7. The highest BCUT2D eigenvalue weighted by molar-refractivity contribution is 7.89. The minimum Gasteiger partial charge on any atom is -0.496 e. The Balaban J connectivity index is 2.24. The van der Waals surface area contributed by atoms with Crippen LogP contribution in [-0.2, 0) is 26.0 Å². The van der Waals surface area contributed by atoms with E-state index in [1.54, 1.807) is 6.07 Å². The molecule has 0 aliphatic heterocycles. The van der Waals surface area contributed by atoms with E-state index in [0.717, 1.165) is 0 Å². The van der Waals surface area contributed by atoms with E-state index in [9.17, 15) is 18.0 Å². The molecule has 150 valence electrons. The van der Waals surface area contributed by atoms with Crippen LogP contribution in [0.15, 0.2) is 41.3 Å². The number of nitrogens with one attached hydrogen (secondary N) is 1. The molecule has 0 fully saturated rings. The maximum absolute atomic E-state index is 12.5. The fraction of sp³-hybridized carbons (Fsp3) is 0.222. The van der Waals surface area contributed by atoms with Gasteiger partial charge < -0.3 is 14.2 Å². The molecule has 0 unspecified atom stereocenters. The second-order valence-corrected chi connectivity index (χ2v) is 7.63. The molecular formula is C18H18ClNO7S. The standard InChI is InChI=1S/C18H18ClNO7S/c1-25-15-6-4-11(8-13(15)18(22)27-3)10-20-28(23,24)16-7-5-12(9-14(16)19)17(21)26-2/h4-9,20H,10H2,1-3H3. The first-order valence-electron chi connectivity index (χ1n) is 7.86. The quantitative estimate of drug-likeness (QED) is 0.676. The number of rotatable bonds is 7. The predicted octanol–water partition coefficient (Wildman–Crippen LogP) is 2.40. The van der Waals surface area contributed by atoms with Gasteiger partial charge in [-0.25, -0.2) is 22.7 Å². The molecule has 2 aromatic rings. The van der Waals surface area contributed by atoms with Gasteiger partial charge in [-0.3, -0.25) is 0 Å². The summed E-state index contributed by atoms with van der Waals surface area (Å²) < 4.78 is 41.8. The van der Waals surface area contributed by atoms with E-state index in [1.807, 2.05) is 0 Å². The predicted molar refractivity (Wildman–Crippen MR) is 101 cm³/mol. The molecule has 10 heteroatoms. The zero-order valence-electron chi connectivity index (χ0n) is 15.3. The van der Waals surface area contributed by atoms with Crippen LogP contribution in [0.25, 0.3) is 0 Å². The fourth-order valence-corrected chi connectivity index (χ4v) is 3.91. The molecule has 0 saturated carbocycles. The van der Waals surface area contributed by atoms with Gasteiger partial charge in [0.25, 0.3) is 0 Å². The van der Waals surface area contributed by atoms with Gasteiger partial charge in [0.15, 0.2) is 0 Å². The van der Waals surface area contributed by atoms with Crippen LogP contribution in [-0.4, -0.2) is 41.7 Å². The minimum absolute atomic E-state index is 0.106. The lowest BCUT2D eigenvalue weighted by molar-refractivity contribution is 0.0589. The molecule has 0 heterocycles. The molecule has 0 aromatic heterocycles. The van der Waals surface area contributed by atoms with Gasteiger partial charge in [-0.1, -0.05) is 17.7 Å². The van der Waals surface area contributed by atoms with Gasteiger partial charge in [-0.05, 0) is 35.9 Å². The molecule has 0 bridgehead atoms. The largest absolute Gasteiger partial charge is 0.496 e. The smallest absolute Gasteiger partial charge is 0.341 e. The normalized spacial score (nSPS) is 11.0. The Morgan fingerprint density at radius 3 is 2.25 bits per heavy atom.